The van der Waals surface area contributed by atoms with E-state index in [1.165, 1.54) is 45.2 Å². The lowest BCUT2D eigenvalue weighted by Gasteiger charge is -2.40. The molecule has 1 N–H and O–H groups in total. The van der Waals surface area contributed by atoms with Crippen molar-refractivity contribution < 1.29 is 4.74 Å². The summed E-state index contributed by atoms with van der Waals surface area (Å²) in [5.74, 6) is 0.964. The molecule has 3 nitrogen and oxygen atoms in total. The lowest BCUT2D eigenvalue weighted by molar-refractivity contribution is 0.0570. The molecule has 0 aromatic rings. The molecule has 18 heavy (non-hydrogen) atoms. The monoisotopic (exact) mass is 254 g/mol. The first-order valence-corrected chi connectivity index (χ1v) is 7.90. The number of hydrogen-bond donors (Lipinski definition) is 1. The normalized spacial score (nSPS) is 29.7. The van der Waals surface area contributed by atoms with Gasteiger partial charge in [-0.1, -0.05) is 20.3 Å². The Morgan fingerprint density at radius 3 is 2.72 bits per heavy atom. The Balaban J connectivity index is 1.70. The van der Waals surface area contributed by atoms with E-state index in [1.54, 1.807) is 0 Å². The van der Waals surface area contributed by atoms with Gasteiger partial charge in [0.25, 0.3) is 0 Å². The number of piperazine rings is 1. The highest BCUT2D eigenvalue weighted by Gasteiger charge is 2.38. The summed E-state index contributed by atoms with van der Waals surface area (Å²) in [7, 11) is 0. The SMILES string of the molecule is CCCCOCCN1CC(CC)NCC1C1CC1. The number of unbranched alkanes of at least 4 members (excludes halogenated alkanes) is 1. The molecule has 3 heteroatoms. The van der Waals surface area contributed by atoms with Crippen molar-refractivity contribution in [2.24, 2.45) is 5.92 Å². The summed E-state index contributed by atoms with van der Waals surface area (Å²) in [5.41, 5.74) is 0. The van der Waals surface area contributed by atoms with Gasteiger partial charge in [-0.2, -0.15) is 0 Å². The molecule has 0 bridgehead atoms. The summed E-state index contributed by atoms with van der Waals surface area (Å²) in [6.07, 6.45) is 6.55. The van der Waals surface area contributed by atoms with Gasteiger partial charge in [-0.15, -0.1) is 0 Å². The minimum absolute atomic E-state index is 0.690. The van der Waals surface area contributed by atoms with Gasteiger partial charge >= 0.3 is 0 Å². The predicted molar refractivity (Wildman–Crippen MR) is 75.9 cm³/mol. The van der Waals surface area contributed by atoms with E-state index >= 15 is 0 Å². The van der Waals surface area contributed by atoms with Gasteiger partial charge in [0.1, 0.15) is 0 Å². The largest absolute Gasteiger partial charge is 0.380 e. The van der Waals surface area contributed by atoms with E-state index in [9.17, 15) is 0 Å². The van der Waals surface area contributed by atoms with Gasteiger partial charge in [0.2, 0.25) is 0 Å². The van der Waals surface area contributed by atoms with Crippen LogP contribution in [0.4, 0.5) is 0 Å². The van der Waals surface area contributed by atoms with Crippen LogP contribution in [0.1, 0.15) is 46.0 Å². The minimum atomic E-state index is 0.690. The molecule has 2 atom stereocenters. The fraction of sp³-hybridized carbons (Fsp3) is 1.00. The van der Waals surface area contributed by atoms with Crippen LogP contribution in [0.2, 0.25) is 0 Å². The molecule has 1 saturated carbocycles. The third-order valence-electron chi connectivity index (χ3n) is 4.36. The second-order valence-corrected chi connectivity index (χ2v) is 5.88. The Morgan fingerprint density at radius 1 is 1.22 bits per heavy atom. The Morgan fingerprint density at radius 2 is 2.06 bits per heavy atom. The molecule has 1 heterocycles. The van der Waals surface area contributed by atoms with Crippen LogP contribution < -0.4 is 5.32 Å². The first-order chi connectivity index (χ1) is 8.85. The first kappa shape index (κ1) is 14.3. The number of nitrogens with zero attached hydrogens (tertiary/aromatic N) is 1. The van der Waals surface area contributed by atoms with Gasteiger partial charge < -0.3 is 10.1 Å². The van der Waals surface area contributed by atoms with Crippen LogP contribution in [0.15, 0.2) is 0 Å². The van der Waals surface area contributed by atoms with Crippen LogP contribution in [0, 0.1) is 5.92 Å². The Labute approximate surface area is 112 Å². The van der Waals surface area contributed by atoms with E-state index in [0.29, 0.717) is 6.04 Å². The molecule has 0 amide bonds. The van der Waals surface area contributed by atoms with Gasteiger partial charge in [0, 0.05) is 38.3 Å². The zero-order valence-electron chi connectivity index (χ0n) is 12.2. The van der Waals surface area contributed by atoms with Crippen molar-refractivity contribution in [1.82, 2.24) is 10.2 Å². The van der Waals surface area contributed by atoms with E-state index < -0.39 is 0 Å². The highest BCUT2D eigenvalue weighted by atomic mass is 16.5. The molecule has 2 fully saturated rings. The zero-order valence-corrected chi connectivity index (χ0v) is 12.2. The maximum absolute atomic E-state index is 5.73. The molecule has 2 unspecified atom stereocenters. The first-order valence-electron chi connectivity index (χ1n) is 7.90. The lowest BCUT2D eigenvalue weighted by Crippen LogP contribution is -2.57. The highest BCUT2D eigenvalue weighted by Crippen LogP contribution is 2.36. The molecule has 106 valence electrons. The zero-order chi connectivity index (χ0) is 12.8. The highest BCUT2D eigenvalue weighted by molar-refractivity contribution is 4.94. The molecule has 2 aliphatic rings. The van der Waals surface area contributed by atoms with Crippen molar-refractivity contribution in [2.45, 2.75) is 58.0 Å². The fourth-order valence-corrected chi connectivity index (χ4v) is 2.91. The number of nitrogens with one attached hydrogen (secondary N) is 1. The van der Waals surface area contributed by atoms with Crippen LogP contribution in [0.3, 0.4) is 0 Å². The second-order valence-electron chi connectivity index (χ2n) is 5.88. The van der Waals surface area contributed by atoms with Gasteiger partial charge in [-0.3, -0.25) is 4.90 Å². The second kappa shape index (κ2) is 7.46. The topological polar surface area (TPSA) is 24.5 Å². The van der Waals surface area contributed by atoms with Crippen molar-refractivity contribution in [3.05, 3.63) is 0 Å². The van der Waals surface area contributed by atoms with Crippen molar-refractivity contribution in [3.63, 3.8) is 0 Å². The molecule has 0 aromatic heterocycles. The average Bonchev–Trinajstić information content (AvgIpc) is 3.22. The number of ether oxygens (including phenoxy) is 1. The summed E-state index contributed by atoms with van der Waals surface area (Å²) in [4.78, 5) is 2.69. The molecule has 1 aliphatic carbocycles. The Bertz CT molecular complexity index is 231. The quantitative estimate of drug-likeness (QED) is 0.673. The van der Waals surface area contributed by atoms with E-state index in [4.69, 9.17) is 4.74 Å². The van der Waals surface area contributed by atoms with E-state index in [1.807, 2.05) is 0 Å². The third kappa shape index (κ3) is 4.22. The summed E-state index contributed by atoms with van der Waals surface area (Å²) in [5, 5.41) is 3.70. The standard InChI is InChI=1S/C15H30N2O/c1-3-5-9-18-10-8-17-12-14(4-2)16-11-15(17)13-6-7-13/h13-16H,3-12H2,1-2H3. The molecular formula is C15H30N2O. The average molecular weight is 254 g/mol. The molecule has 0 aromatic carbocycles. The van der Waals surface area contributed by atoms with Crippen molar-refractivity contribution in [2.75, 3.05) is 32.8 Å². The van der Waals surface area contributed by atoms with Crippen LogP contribution >= 0.6 is 0 Å². The van der Waals surface area contributed by atoms with Crippen molar-refractivity contribution in [1.29, 1.82) is 0 Å². The van der Waals surface area contributed by atoms with Gasteiger partial charge in [-0.25, -0.2) is 0 Å². The lowest BCUT2D eigenvalue weighted by atomic mass is 10.0. The molecule has 2 rings (SSSR count). The summed E-state index contributed by atoms with van der Waals surface area (Å²) in [6.45, 7) is 9.89. The van der Waals surface area contributed by atoms with E-state index in [0.717, 1.165) is 31.7 Å². The summed E-state index contributed by atoms with van der Waals surface area (Å²) < 4.78 is 5.73. The molecule has 0 radical (unpaired) electrons. The summed E-state index contributed by atoms with van der Waals surface area (Å²) >= 11 is 0. The number of rotatable bonds is 8. The van der Waals surface area contributed by atoms with Crippen molar-refractivity contribution in [3.8, 4) is 0 Å². The van der Waals surface area contributed by atoms with Crippen LogP contribution in [-0.2, 0) is 4.74 Å². The predicted octanol–water partition coefficient (Wildman–Crippen LogP) is 2.27. The number of hydrogen-bond acceptors (Lipinski definition) is 3. The van der Waals surface area contributed by atoms with Gasteiger partial charge in [0.15, 0.2) is 0 Å². The Kier molecular flexibility index (Phi) is 5.93. The van der Waals surface area contributed by atoms with Crippen molar-refractivity contribution >= 4 is 0 Å². The maximum atomic E-state index is 5.73. The van der Waals surface area contributed by atoms with Gasteiger partial charge in [0.05, 0.1) is 6.61 Å². The molecule has 1 aliphatic heterocycles. The minimum Gasteiger partial charge on any atom is -0.380 e. The molecular weight excluding hydrogens is 224 g/mol. The van der Waals surface area contributed by atoms with E-state index in [-0.39, 0.29) is 0 Å². The molecule has 1 saturated heterocycles. The fourth-order valence-electron chi connectivity index (χ4n) is 2.91. The third-order valence-corrected chi connectivity index (χ3v) is 4.36. The van der Waals surface area contributed by atoms with Crippen LogP contribution in [0.25, 0.3) is 0 Å². The maximum Gasteiger partial charge on any atom is 0.0593 e. The molecule has 0 spiro atoms. The van der Waals surface area contributed by atoms with Crippen LogP contribution in [-0.4, -0.2) is 49.8 Å². The van der Waals surface area contributed by atoms with E-state index in [2.05, 4.69) is 24.1 Å². The smallest absolute Gasteiger partial charge is 0.0593 e. The summed E-state index contributed by atoms with van der Waals surface area (Å²) in [6, 6.07) is 1.47. The Hall–Kier alpha value is -0.120. The van der Waals surface area contributed by atoms with Crippen LogP contribution in [0.5, 0.6) is 0 Å². The van der Waals surface area contributed by atoms with Gasteiger partial charge in [-0.05, 0) is 31.6 Å².